The van der Waals surface area contributed by atoms with E-state index in [9.17, 15) is 10.2 Å². The molecule has 0 saturated heterocycles. The summed E-state index contributed by atoms with van der Waals surface area (Å²) in [5.74, 6) is 0. The van der Waals surface area contributed by atoms with Crippen molar-refractivity contribution in [2.24, 2.45) is 0 Å². The first-order valence-corrected chi connectivity index (χ1v) is 5.39. The molecule has 0 aromatic carbocycles. The molecule has 0 aliphatic carbocycles. The number of aliphatic hydroxyl groups excluding tert-OH is 4. The molecule has 0 spiro atoms. The van der Waals surface area contributed by atoms with Crippen molar-refractivity contribution in [2.45, 2.75) is 18.3 Å². The Morgan fingerprint density at radius 3 is 1.59 bits per heavy atom. The van der Waals surface area contributed by atoms with Crippen molar-refractivity contribution in [1.82, 2.24) is 0 Å². The summed E-state index contributed by atoms with van der Waals surface area (Å²) >= 11 is 0. The zero-order chi connectivity index (χ0) is 13.1. The molecule has 104 valence electrons. The van der Waals surface area contributed by atoms with Crippen LogP contribution < -0.4 is 0 Å². The van der Waals surface area contributed by atoms with Gasteiger partial charge in [0.15, 0.2) is 0 Å². The maximum absolute atomic E-state index is 9.37. The summed E-state index contributed by atoms with van der Waals surface area (Å²) in [6, 6.07) is 0. The van der Waals surface area contributed by atoms with Crippen molar-refractivity contribution in [2.75, 3.05) is 46.8 Å². The molecule has 0 rings (SSSR count). The second kappa shape index (κ2) is 10.8. The highest BCUT2D eigenvalue weighted by atomic mass is 16.5. The van der Waals surface area contributed by atoms with Gasteiger partial charge in [-0.15, -0.1) is 0 Å². The lowest BCUT2D eigenvalue weighted by Crippen LogP contribution is -2.28. The topological polar surface area (TPSA) is 109 Å². The molecule has 7 heteroatoms. The third kappa shape index (κ3) is 10.6. The van der Waals surface area contributed by atoms with E-state index in [1.54, 1.807) is 0 Å². The van der Waals surface area contributed by atoms with Crippen LogP contribution in [0, 0.1) is 0 Å². The monoisotopic (exact) mass is 254 g/mol. The van der Waals surface area contributed by atoms with E-state index in [1.807, 2.05) is 0 Å². The van der Waals surface area contributed by atoms with Gasteiger partial charge >= 0.3 is 0 Å². The molecule has 0 fully saturated rings. The van der Waals surface area contributed by atoms with Gasteiger partial charge in [-0.1, -0.05) is 0 Å². The Morgan fingerprint density at radius 1 is 0.765 bits per heavy atom. The number of methoxy groups -OCH3 is 1. The highest BCUT2D eigenvalue weighted by Gasteiger charge is 2.09. The highest BCUT2D eigenvalue weighted by Crippen LogP contribution is 1.92. The first-order valence-electron chi connectivity index (χ1n) is 5.39. The van der Waals surface area contributed by atoms with Crippen molar-refractivity contribution in [3.05, 3.63) is 0 Å². The summed E-state index contributed by atoms with van der Waals surface area (Å²) in [5.41, 5.74) is 0. The molecule has 17 heavy (non-hydrogen) atoms. The number of aliphatic hydroxyl groups is 4. The van der Waals surface area contributed by atoms with Crippen LogP contribution in [0.1, 0.15) is 0 Å². The first-order chi connectivity index (χ1) is 8.10. The van der Waals surface area contributed by atoms with Gasteiger partial charge in [0, 0.05) is 7.11 Å². The predicted octanol–water partition coefficient (Wildman–Crippen LogP) is -2.26. The summed E-state index contributed by atoms with van der Waals surface area (Å²) in [6.45, 7) is -0.150. The molecule has 3 unspecified atom stereocenters. The lowest BCUT2D eigenvalue weighted by molar-refractivity contribution is -0.0648. The molecule has 0 aliphatic heterocycles. The normalized spacial score (nSPS) is 16.8. The summed E-state index contributed by atoms with van der Waals surface area (Å²) in [6.07, 6.45) is -2.49. The van der Waals surface area contributed by atoms with E-state index in [1.165, 1.54) is 7.11 Å². The van der Waals surface area contributed by atoms with Gasteiger partial charge < -0.3 is 34.6 Å². The Bertz CT molecular complexity index is 167. The van der Waals surface area contributed by atoms with Gasteiger partial charge in [-0.2, -0.15) is 0 Å². The van der Waals surface area contributed by atoms with E-state index < -0.39 is 18.3 Å². The molecule has 7 nitrogen and oxygen atoms in total. The molecule has 0 heterocycles. The Morgan fingerprint density at radius 2 is 1.18 bits per heavy atom. The molecule has 3 atom stereocenters. The lowest BCUT2D eigenvalue weighted by Gasteiger charge is -2.15. The smallest absolute Gasteiger partial charge is 0.101 e. The minimum Gasteiger partial charge on any atom is -0.394 e. The summed E-state index contributed by atoms with van der Waals surface area (Å²) in [5, 5.41) is 36.0. The summed E-state index contributed by atoms with van der Waals surface area (Å²) in [7, 11) is 1.47. The molecule has 4 N–H and O–H groups in total. The van der Waals surface area contributed by atoms with E-state index in [-0.39, 0.29) is 39.6 Å². The van der Waals surface area contributed by atoms with Crippen LogP contribution in [0.25, 0.3) is 0 Å². The minimum absolute atomic E-state index is 0.00255. The van der Waals surface area contributed by atoms with Crippen LogP contribution in [-0.4, -0.2) is 85.5 Å². The van der Waals surface area contributed by atoms with Gasteiger partial charge in [0.1, 0.15) is 18.3 Å². The molecule has 0 bridgehead atoms. The molecule has 0 radical (unpaired) electrons. The number of hydrogen-bond donors (Lipinski definition) is 4. The molecule has 0 saturated carbocycles. The Hall–Kier alpha value is -0.280. The molecular formula is C10H22O7. The maximum atomic E-state index is 9.37. The molecule has 0 aliphatic rings. The average molecular weight is 254 g/mol. The van der Waals surface area contributed by atoms with Crippen LogP contribution in [-0.2, 0) is 14.2 Å². The van der Waals surface area contributed by atoms with E-state index in [0.29, 0.717) is 0 Å². The Kier molecular flexibility index (Phi) is 10.7. The van der Waals surface area contributed by atoms with Gasteiger partial charge in [-0.05, 0) is 0 Å². The van der Waals surface area contributed by atoms with Crippen LogP contribution in [0.15, 0.2) is 0 Å². The Balaban J connectivity index is 3.37. The van der Waals surface area contributed by atoms with Gasteiger partial charge in [0.25, 0.3) is 0 Å². The van der Waals surface area contributed by atoms with E-state index in [4.69, 9.17) is 24.4 Å². The fourth-order valence-electron chi connectivity index (χ4n) is 1.02. The molecule has 0 aromatic heterocycles. The fourth-order valence-corrected chi connectivity index (χ4v) is 1.02. The SMILES string of the molecule is COCC(O)COCC(O)COCC(O)CO. The van der Waals surface area contributed by atoms with Gasteiger partial charge in [-0.3, -0.25) is 0 Å². The molecular weight excluding hydrogens is 232 g/mol. The second-order valence-corrected chi connectivity index (χ2v) is 3.67. The predicted molar refractivity (Wildman–Crippen MR) is 58.6 cm³/mol. The van der Waals surface area contributed by atoms with E-state index >= 15 is 0 Å². The minimum atomic E-state index is -0.938. The van der Waals surface area contributed by atoms with Gasteiger partial charge in [0.05, 0.1) is 39.6 Å². The third-order valence-corrected chi connectivity index (χ3v) is 1.81. The second-order valence-electron chi connectivity index (χ2n) is 3.67. The fraction of sp³-hybridized carbons (Fsp3) is 1.00. The van der Waals surface area contributed by atoms with Crippen molar-refractivity contribution in [3.63, 3.8) is 0 Å². The standard InChI is InChI=1S/C10H22O7/c1-15-3-9(13)5-17-7-10(14)6-16-4-8(12)2-11/h8-14H,2-7H2,1H3. The number of hydrogen-bond acceptors (Lipinski definition) is 7. The number of rotatable bonds is 11. The van der Waals surface area contributed by atoms with Crippen LogP contribution in [0.2, 0.25) is 0 Å². The summed E-state index contributed by atoms with van der Waals surface area (Å²) < 4.78 is 14.6. The molecule has 0 aromatic rings. The largest absolute Gasteiger partial charge is 0.394 e. The van der Waals surface area contributed by atoms with Crippen LogP contribution >= 0.6 is 0 Å². The molecule has 0 amide bonds. The van der Waals surface area contributed by atoms with Crippen LogP contribution in [0.3, 0.4) is 0 Å². The Labute approximate surface area is 101 Å². The average Bonchev–Trinajstić information content (AvgIpc) is 2.29. The number of ether oxygens (including phenoxy) is 3. The van der Waals surface area contributed by atoms with E-state index in [0.717, 1.165) is 0 Å². The summed E-state index contributed by atoms with van der Waals surface area (Å²) in [4.78, 5) is 0. The zero-order valence-corrected chi connectivity index (χ0v) is 9.99. The van der Waals surface area contributed by atoms with Crippen LogP contribution in [0.5, 0.6) is 0 Å². The van der Waals surface area contributed by atoms with Crippen LogP contribution in [0.4, 0.5) is 0 Å². The zero-order valence-electron chi connectivity index (χ0n) is 9.99. The van der Waals surface area contributed by atoms with Crippen molar-refractivity contribution in [3.8, 4) is 0 Å². The van der Waals surface area contributed by atoms with Gasteiger partial charge in [-0.25, -0.2) is 0 Å². The van der Waals surface area contributed by atoms with Crippen molar-refractivity contribution in [1.29, 1.82) is 0 Å². The van der Waals surface area contributed by atoms with Gasteiger partial charge in [0.2, 0.25) is 0 Å². The maximum Gasteiger partial charge on any atom is 0.101 e. The lowest BCUT2D eigenvalue weighted by atomic mass is 10.4. The third-order valence-electron chi connectivity index (χ3n) is 1.81. The highest BCUT2D eigenvalue weighted by molar-refractivity contribution is 4.56. The van der Waals surface area contributed by atoms with E-state index in [2.05, 4.69) is 0 Å². The van der Waals surface area contributed by atoms with Crippen molar-refractivity contribution < 1.29 is 34.6 Å². The van der Waals surface area contributed by atoms with Crippen molar-refractivity contribution >= 4 is 0 Å². The first kappa shape index (κ1) is 16.7. The quantitative estimate of drug-likeness (QED) is 0.329.